The molecule has 0 amide bonds. The van der Waals surface area contributed by atoms with Crippen molar-refractivity contribution in [1.82, 2.24) is 38.2 Å². The van der Waals surface area contributed by atoms with Gasteiger partial charge in [0.2, 0.25) is 174 Å². The molecule has 0 atom stereocenters. The van der Waals surface area contributed by atoms with E-state index in [1.54, 1.807) is 50.1 Å². The fourth-order valence-electron chi connectivity index (χ4n) is 11.4. The summed E-state index contributed by atoms with van der Waals surface area (Å²) in [5, 5.41) is 0. The first-order valence-corrected chi connectivity index (χ1v) is 43.5. The van der Waals surface area contributed by atoms with Gasteiger partial charge in [0, 0.05) is 95.0 Å². The maximum atomic E-state index is 13.4. The van der Waals surface area contributed by atoms with E-state index in [4.69, 9.17) is 19.9 Å². The highest BCUT2D eigenvalue weighted by Gasteiger charge is 2.35. The lowest BCUT2D eigenvalue weighted by molar-refractivity contribution is -0.145. The maximum Gasteiger partial charge on any atom is 0.514 e. The van der Waals surface area contributed by atoms with E-state index in [1.165, 1.54) is 0 Å². The Hall–Kier alpha value is -14.1. The third kappa shape index (κ3) is 41.5. The molecule has 9 aromatic rings. The van der Waals surface area contributed by atoms with Gasteiger partial charge in [-0.1, -0.05) is 0 Å². The first kappa shape index (κ1) is 120. The number of hydrogen-bond donors (Lipinski definition) is 1. The van der Waals surface area contributed by atoms with Crippen LogP contribution >= 0.6 is 0 Å². The molecule has 0 radical (unpaired) electrons. The molecule has 0 saturated carbocycles. The van der Waals surface area contributed by atoms with Crippen LogP contribution in [-0.4, -0.2) is 146 Å². The lowest BCUT2D eigenvalue weighted by Gasteiger charge is -2.10. The summed E-state index contributed by atoms with van der Waals surface area (Å²) in [5.74, 6) is -68.3. The lowest BCUT2D eigenvalue weighted by atomic mass is 10.2. The molecule has 0 aliphatic rings. The number of imidazole rings is 4. The molecule has 0 spiro atoms. The van der Waals surface area contributed by atoms with Crippen molar-refractivity contribution in [3.8, 4) is 28.7 Å². The number of carbonyl (C=O) groups excluding carboxylic acids is 8. The number of hydrogen-bond acceptors (Lipinski definition) is 26. The van der Waals surface area contributed by atoms with Gasteiger partial charge >= 0.3 is 48.7 Å². The topological polar surface area (TPSA) is 354 Å². The first-order chi connectivity index (χ1) is 68.7. The average Bonchev–Trinajstić information content (AvgIpc) is 1.80. The minimum atomic E-state index is -2.44. The average molecular weight is 2100 g/mol. The van der Waals surface area contributed by atoms with E-state index in [9.17, 15) is 148 Å². The van der Waals surface area contributed by atoms with Crippen molar-refractivity contribution in [3.63, 3.8) is 0 Å². The Kier molecular flexibility index (Phi) is 54.5. The highest BCUT2D eigenvalue weighted by Crippen LogP contribution is 2.35. The van der Waals surface area contributed by atoms with Crippen molar-refractivity contribution < 1.29 is 210 Å². The number of esters is 3. The molecular formula is C89H92F25N9O21. The number of nitrogens with zero attached hydrogens (tertiary/aromatic N) is 8. The third-order valence-electron chi connectivity index (χ3n) is 18.8. The number of aromatic nitrogens is 8. The highest BCUT2D eigenvalue weighted by molar-refractivity contribution is 5.70. The van der Waals surface area contributed by atoms with Crippen LogP contribution in [-0.2, 0) is 78.5 Å². The summed E-state index contributed by atoms with van der Waals surface area (Å²) in [5.41, 5.74) is 5.31. The Bertz CT molecular complexity index is 4990. The van der Waals surface area contributed by atoms with Crippen molar-refractivity contribution in [2.45, 2.75) is 193 Å². The van der Waals surface area contributed by atoms with Crippen LogP contribution in [0.5, 0.6) is 28.7 Å². The number of rotatable bonds is 51. The zero-order valence-corrected chi connectivity index (χ0v) is 75.7. The molecule has 794 valence electrons. The van der Waals surface area contributed by atoms with E-state index in [0.717, 1.165) is 96.9 Å². The van der Waals surface area contributed by atoms with Crippen LogP contribution in [0.15, 0.2) is 74.9 Å². The number of benzene rings is 5. The Morgan fingerprint density at radius 3 is 0.507 bits per heavy atom. The second-order valence-electron chi connectivity index (χ2n) is 29.5. The molecule has 0 unspecified atom stereocenters. The predicted molar refractivity (Wildman–Crippen MR) is 442 cm³/mol. The van der Waals surface area contributed by atoms with Crippen molar-refractivity contribution >= 4 is 48.7 Å². The Labute approximate surface area is 801 Å². The zero-order valence-electron chi connectivity index (χ0n) is 75.7. The van der Waals surface area contributed by atoms with Gasteiger partial charge in [0.15, 0.2) is 0 Å². The van der Waals surface area contributed by atoms with Crippen molar-refractivity contribution in [3.05, 3.63) is 220 Å². The summed E-state index contributed by atoms with van der Waals surface area (Å²) in [7, 11) is 0. The standard InChI is InChI=1S/C22H34N4O4.C21H23F5N2O5.2C20H12F10O6.C6H11N3/c27-21(9-3-5-13-25-15-11-23-19-25)29-17-7-1-2-8-18-30-22(28)10-4-6-14-26-16-12-24-20-26;22-15-16(23)18(25)20(19(26)17(15)24)33-21(30)32-12-6-2-1-5-11-31-14(29)7-3-4-9-28-10-8-27-13-28;2*21-7-9(23)13(27)17(14(28)10(7)24)35-19(31)33-5-3-1-2-4-6-34-20(32)36-18-15(29)11(25)8(22)12(26)16(18)30;7-2-1-4-9-5-3-8-6-9/h11-12,15-16,19-20H,1-10,13-14,17-18H2;8,10,13H,1-7,9,11-12H2;2*1-6H2;3,5-6H,1-2,4,7H2. The van der Waals surface area contributed by atoms with Crippen molar-refractivity contribution in [2.24, 2.45) is 5.73 Å². The fourth-order valence-corrected chi connectivity index (χ4v) is 11.4. The van der Waals surface area contributed by atoms with Crippen LogP contribution in [0.25, 0.3) is 0 Å². The molecule has 0 bridgehead atoms. The Morgan fingerprint density at radius 2 is 0.354 bits per heavy atom. The van der Waals surface area contributed by atoms with Gasteiger partial charge in [-0.15, -0.1) is 0 Å². The van der Waals surface area contributed by atoms with Gasteiger partial charge < -0.3 is 85.6 Å². The molecule has 4 heterocycles. The number of carbonyl (C=O) groups is 8. The van der Waals surface area contributed by atoms with Crippen molar-refractivity contribution in [1.29, 1.82) is 0 Å². The van der Waals surface area contributed by atoms with Crippen molar-refractivity contribution in [2.75, 3.05) is 59.4 Å². The molecule has 0 fully saturated rings. The first-order valence-electron chi connectivity index (χ1n) is 43.5. The number of ether oxygens (including phenoxy) is 13. The summed E-state index contributed by atoms with van der Waals surface area (Å²) >= 11 is 0. The second-order valence-corrected chi connectivity index (χ2v) is 29.5. The van der Waals surface area contributed by atoms with E-state index >= 15 is 0 Å². The smallest absolute Gasteiger partial charge is 0.466 e. The number of halogens is 25. The molecule has 2 N–H and O–H groups in total. The molecule has 0 aliphatic heterocycles. The molecule has 5 aromatic carbocycles. The molecule has 55 heteroatoms. The van der Waals surface area contributed by atoms with E-state index in [1.807, 2.05) is 43.1 Å². The number of unbranched alkanes of at least 4 members (excludes halogenated alkanes) is 15. The Balaban J connectivity index is 0.000000328. The van der Waals surface area contributed by atoms with E-state index in [-0.39, 0.29) is 82.5 Å². The summed E-state index contributed by atoms with van der Waals surface area (Å²) in [6.07, 6.45) is 27.7. The highest BCUT2D eigenvalue weighted by atomic mass is 19.2. The largest absolute Gasteiger partial charge is 0.514 e. The summed E-state index contributed by atoms with van der Waals surface area (Å²) in [6, 6.07) is 0. The van der Waals surface area contributed by atoms with Crippen LogP contribution in [0.4, 0.5) is 134 Å². The van der Waals surface area contributed by atoms with Crippen LogP contribution in [0, 0.1) is 145 Å². The normalized spacial score (nSPS) is 10.8. The van der Waals surface area contributed by atoms with Gasteiger partial charge in [0.25, 0.3) is 0 Å². The quantitative estimate of drug-likeness (QED) is 0.00703. The molecule has 0 saturated heterocycles. The van der Waals surface area contributed by atoms with Crippen LogP contribution in [0.3, 0.4) is 0 Å². The summed E-state index contributed by atoms with van der Waals surface area (Å²) in [6.45, 7) is 3.65. The number of nitrogens with two attached hydrogens (primary N) is 1. The SMILES string of the molecule is NCCCn1ccnc1.O=C(CCCCn1ccnc1)OCCCCCCOC(=O)CCCCn1ccnc1.O=C(CCCCn1ccnc1)OCCCCCCOC(=O)Oc1c(F)c(F)c(F)c(F)c1F.O=C(OCCCCCCOC(=O)Oc1c(F)c(F)c(F)c(F)c1F)Oc1c(F)c(F)c(F)c(F)c1F.O=C(OCCCCCCOC(=O)Oc1c(F)c(F)c(F)c(F)c1F)Oc1c(F)c(F)c(F)c(F)c1F. The van der Waals surface area contributed by atoms with E-state index in [2.05, 4.69) is 67.3 Å². The van der Waals surface area contributed by atoms with Gasteiger partial charge in [-0.2, -0.15) is 43.9 Å². The molecule has 0 aliphatic carbocycles. The van der Waals surface area contributed by atoms with Gasteiger partial charge in [-0.05, 0) is 154 Å². The Morgan fingerprint density at radius 1 is 0.201 bits per heavy atom. The van der Waals surface area contributed by atoms with E-state index in [0.29, 0.717) is 64.6 Å². The van der Waals surface area contributed by atoms with Gasteiger partial charge in [0.05, 0.1) is 78.2 Å². The minimum Gasteiger partial charge on any atom is -0.466 e. The molecule has 30 nitrogen and oxygen atoms in total. The lowest BCUT2D eigenvalue weighted by Crippen LogP contribution is -2.16. The number of aryl methyl sites for hydroxylation is 4. The molecular weight excluding hydrogens is 2010 g/mol. The van der Waals surface area contributed by atoms with Crippen LogP contribution in [0.2, 0.25) is 0 Å². The van der Waals surface area contributed by atoms with E-state index < -0.39 is 231 Å². The minimum absolute atomic E-state index is 0.0984. The molecule has 9 rings (SSSR count). The summed E-state index contributed by atoms with van der Waals surface area (Å²) in [4.78, 5) is 108. The van der Waals surface area contributed by atoms with Gasteiger partial charge in [-0.3, -0.25) is 14.4 Å². The van der Waals surface area contributed by atoms with Crippen LogP contribution in [0.1, 0.15) is 167 Å². The van der Waals surface area contributed by atoms with Crippen LogP contribution < -0.4 is 29.4 Å². The molecule has 4 aromatic heterocycles. The predicted octanol–water partition coefficient (Wildman–Crippen LogP) is 21.8. The van der Waals surface area contributed by atoms with Gasteiger partial charge in [0.1, 0.15) is 0 Å². The zero-order chi connectivity index (χ0) is 106. The fraction of sp³-hybridized carbons (Fsp3) is 0.438. The summed E-state index contributed by atoms with van der Waals surface area (Å²) < 4.78 is 395. The van der Waals surface area contributed by atoms with Gasteiger partial charge in [-0.25, -0.2) is 110 Å². The maximum absolute atomic E-state index is 13.4. The molecule has 144 heavy (non-hydrogen) atoms. The monoisotopic (exact) mass is 2100 g/mol. The second kappa shape index (κ2) is 65.2. The third-order valence-corrected chi connectivity index (χ3v) is 18.8.